The Balaban J connectivity index is 0.00000115. The molecule has 1 fully saturated rings. The van der Waals surface area contributed by atoms with Gasteiger partial charge in [0.15, 0.2) is 23.5 Å². The number of carbonyl (C=O) groups is 3. The molecular weight excluding hydrogens is 795 g/mol. The molecule has 0 aliphatic carbocycles. The zero-order valence-corrected chi connectivity index (χ0v) is 35.8. The summed E-state index contributed by atoms with van der Waals surface area (Å²) in [6, 6.07) is 8.87. The Hall–Kier alpha value is -5.78. The number of allylic oxidation sites excluding steroid dienone is 3. The summed E-state index contributed by atoms with van der Waals surface area (Å²) in [5.41, 5.74) is 7.06. The van der Waals surface area contributed by atoms with Crippen LogP contribution in [0.2, 0.25) is 5.02 Å². The second-order valence-electron chi connectivity index (χ2n) is 11.6. The van der Waals surface area contributed by atoms with Crippen LogP contribution >= 0.6 is 11.6 Å². The Morgan fingerprint density at radius 2 is 1.69 bits per heavy atom. The highest BCUT2D eigenvalue weighted by molar-refractivity contribution is 6.33. The Bertz CT molecular complexity index is 1750. The minimum Gasteiger partial charge on any atom is -0.504 e. The molecule has 2 aromatic carbocycles. The van der Waals surface area contributed by atoms with Crippen molar-refractivity contribution in [1.82, 2.24) is 20.1 Å². The lowest BCUT2D eigenvalue weighted by atomic mass is 10.2. The predicted octanol–water partition coefficient (Wildman–Crippen LogP) is 6.49. The molecule has 0 aromatic heterocycles. The second-order valence-corrected chi connectivity index (χ2v) is 12.1. The summed E-state index contributed by atoms with van der Waals surface area (Å²) in [6.45, 7) is 17.7. The van der Waals surface area contributed by atoms with E-state index < -0.39 is 23.4 Å². The van der Waals surface area contributed by atoms with Gasteiger partial charge in [-0.25, -0.2) is 0 Å². The van der Waals surface area contributed by atoms with Crippen molar-refractivity contribution in [1.29, 1.82) is 5.41 Å². The number of nitrogens with two attached hydrogens (primary N) is 1. The molecule has 0 bridgehead atoms. The molecule has 0 atom stereocenters. The summed E-state index contributed by atoms with van der Waals surface area (Å²) in [7, 11) is 3.27. The maximum absolute atomic E-state index is 12.5. The number of anilines is 1. The molecule has 19 heteroatoms. The largest absolute Gasteiger partial charge is 0.504 e. The van der Waals surface area contributed by atoms with Crippen LogP contribution in [0.3, 0.4) is 0 Å². The third-order valence-electron chi connectivity index (χ3n) is 7.91. The molecule has 0 spiro atoms. The third kappa shape index (κ3) is 17.7. The summed E-state index contributed by atoms with van der Waals surface area (Å²) in [4.78, 5) is 41.9. The number of aldehydes is 2. The van der Waals surface area contributed by atoms with Gasteiger partial charge in [0.05, 0.1) is 47.1 Å². The van der Waals surface area contributed by atoms with E-state index >= 15 is 0 Å². The monoisotopic (exact) mass is 853 g/mol. The zero-order chi connectivity index (χ0) is 45.1. The first-order chi connectivity index (χ1) is 28.1. The molecule has 328 valence electrons. The number of hydrogen-bond acceptors (Lipinski definition) is 13. The highest BCUT2D eigenvalue weighted by atomic mass is 35.5. The highest BCUT2D eigenvalue weighted by Gasteiger charge is 2.31. The number of carbonyl (C=O) groups excluding carboxylic acids is 3. The number of aliphatic hydroxyl groups excluding tert-OH is 1. The van der Waals surface area contributed by atoms with E-state index in [4.69, 9.17) is 32.2 Å². The number of likely N-dealkylation sites (N-methyl/N-ethyl adjacent to an activating group) is 1. The fraction of sp³-hybridized carbons (Fsp3) is 0.450. The molecule has 2 aliphatic rings. The van der Waals surface area contributed by atoms with E-state index in [1.807, 2.05) is 57.7 Å². The van der Waals surface area contributed by atoms with Crippen molar-refractivity contribution in [2.45, 2.75) is 60.7 Å². The maximum atomic E-state index is 12.5. The molecule has 2 heterocycles. The first-order valence-electron chi connectivity index (χ1n) is 18.9. The van der Waals surface area contributed by atoms with Gasteiger partial charge in [0.1, 0.15) is 25.2 Å². The molecule has 2 aliphatic heterocycles. The highest BCUT2D eigenvalue weighted by Crippen LogP contribution is 2.34. The number of piperazine rings is 1. The number of fused-ring (bicyclic) bond motifs is 1. The summed E-state index contributed by atoms with van der Waals surface area (Å²) >= 11 is 5.57. The first-order valence-corrected chi connectivity index (χ1v) is 19.3. The Labute approximate surface area is 350 Å². The number of ether oxygens (including phenoxy) is 2. The number of para-hydroxylation sites is 1. The van der Waals surface area contributed by atoms with Crippen molar-refractivity contribution in [3.63, 3.8) is 0 Å². The van der Waals surface area contributed by atoms with Gasteiger partial charge in [0.2, 0.25) is 0 Å². The van der Waals surface area contributed by atoms with Gasteiger partial charge in [-0.1, -0.05) is 58.4 Å². The normalized spacial score (nSPS) is 13.7. The lowest BCUT2D eigenvalue weighted by Gasteiger charge is -2.36. The van der Waals surface area contributed by atoms with Crippen LogP contribution in [0.15, 0.2) is 69.3 Å². The van der Waals surface area contributed by atoms with Crippen LogP contribution < -0.4 is 25.8 Å². The molecule has 2 aromatic rings. The number of nitrogens with one attached hydrogen (secondary N) is 3. The summed E-state index contributed by atoms with van der Waals surface area (Å²) in [5.74, 6) is 0.386. The maximum Gasteiger partial charge on any atom is 0.416 e. The van der Waals surface area contributed by atoms with Crippen LogP contribution in [0.4, 0.5) is 18.9 Å². The molecular formula is C40H59ClF3N9O6. The Morgan fingerprint density at radius 1 is 1.08 bits per heavy atom. The van der Waals surface area contributed by atoms with Gasteiger partial charge < -0.3 is 51.0 Å². The number of benzene rings is 2. The minimum absolute atomic E-state index is 0.0670. The molecule has 15 nitrogen and oxygen atoms in total. The zero-order valence-electron chi connectivity index (χ0n) is 35.1. The van der Waals surface area contributed by atoms with Crippen LogP contribution in [0.5, 0.6) is 11.5 Å². The molecule has 1 amide bonds. The smallest absolute Gasteiger partial charge is 0.416 e. The van der Waals surface area contributed by atoms with E-state index in [0.29, 0.717) is 81.8 Å². The minimum atomic E-state index is -4.34. The molecule has 6 N–H and O–H groups in total. The van der Waals surface area contributed by atoms with Crippen LogP contribution in [0.1, 0.15) is 59.1 Å². The lowest BCUT2D eigenvalue weighted by Crippen LogP contribution is -2.50. The molecule has 0 saturated carbocycles. The lowest BCUT2D eigenvalue weighted by molar-refractivity contribution is -0.137. The SMILES string of the molecule is C=NN(C)CC=O.CC.CC.CC/C(NC=NCc1cccc2c1OCCO2)=C(/C=O)N1CCN(C(=O)/C(N)=C(\O)C(C)=N)CC1.CNc1ccc(C(F)(F)F)cc1Cl. The van der Waals surface area contributed by atoms with E-state index in [1.165, 1.54) is 22.9 Å². The quantitative estimate of drug-likeness (QED) is 0.0369. The van der Waals surface area contributed by atoms with Crippen LogP contribution in [0, 0.1) is 5.41 Å². The fourth-order valence-electron chi connectivity index (χ4n) is 4.90. The first kappa shape index (κ1) is 53.2. The summed E-state index contributed by atoms with van der Waals surface area (Å²) in [6.07, 6.45) is -0.614. The number of aliphatic hydroxyl groups is 1. The second kappa shape index (κ2) is 28.6. The van der Waals surface area contributed by atoms with Gasteiger partial charge in [0.25, 0.3) is 5.91 Å². The Kier molecular flexibility index (Phi) is 25.8. The van der Waals surface area contributed by atoms with Crippen LogP contribution in [0.25, 0.3) is 0 Å². The van der Waals surface area contributed by atoms with Crippen LogP contribution in [-0.2, 0) is 27.1 Å². The number of hydrogen-bond donors (Lipinski definition) is 5. The van der Waals surface area contributed by atoms with Crippen molar-refractivity contribution in [2.24, 2.45) is 15.8 Å². The molecule has 1 saturated heterocycles. The van der Waals surface area contributed by atoms with Crippen molar-refractivity contribution in [3.8, 4) is 11.5 Å². The number of hydrazone groups is 1. The standard InChI is InChI=1S/C24H32N6O5.C8H7ClF3N.C4H8N2O.2C2H6/c1-3-18(28-15-27-13-17-5-4-6-20-23(17)35-12-11-34-20)19(14-31)29-7-9-30(10-8-29)24(33)21(26)22(32)16(2)25;1-13-7-3-2-5(4-6(7)9)8(10,11)12;1-5-6(2)3-4-7;2*1-2/h4-6,14-15,25,32H,3,7-13,26H2,1-2H3,(H,27,28);2-4,13H,1H3;4H,1,3H2,2H3;2*1-2H3/b19-18+,22-21+,25-16?;;;;. The van der Waals surface area contributed by atoms with E-state index in [-0.39, 0.29) is 16.4 Å². The summed E-state index contributed by atoms with van der Waals surface area (Å²) < 4.78 is 47.7. The van der Waals surface area contributed by atoms with Gasteiger partial charge in [-0.3, -0.25) is 19.6 Å². The van der Waals surface area contributed by atoms with Crippen molar-refractivity contribution >= 4 is 54.5 Å². The summed E-state index contributed by atoms with van der Waals surface area (Å²) in [5, 5.41) is 28.0. The van der Waals surface area contributed by atoms with E-state index in [0.717, 1.165) is 36.0 Å². The van der Waals surface area contributed by atoms with Crippen molar-refractivity contribution in [3.05, 3.63) is 75.4 Å². The van der Waals surface area contributed by atoms with Gasteiger partial charge in [-0.2, -0.15) is 18.3 Å². The van der Waals surface area contributed by atoms with E-state index in [9.17, 15) is 32.7 Å². The van der Waals surface area contributed by atoms with Crippen molar-refractivity contribution in [2.75, 3.05) is 65.3 Å². The third-order valence-corrected chi connectivity index (χ3v) is 8.22. The van der Waals surface area contributed by atoms with Gasteiger partial charge in [0, 0.05) is 58.3 Å². The molecule has 59 heavy (non-hydrogen) atoms. The number of alkyl halides is 3. The Morgan fingerprint density at radius 3 is 2.19 bits per heavy atom. The number of aliphatic imine (C=N–C) groups is 1. The average Bonchev–Trinajstić information content (AvgIpc) is 3.25. The molecule has 0 unspecified atom stereocenters. The van der Waals surface area contributed by atoms with Gasteiger partial charge in [-0.15, -0.1) is 0 Å². The number of amides is 1. The number of nitrogens with zero attached hydrogens (tertiary/aromatic N) is 5. The molecule has 0 radical (unpaired) electrons. The van der Waals surface area contributed by atoms with Crippen LogP contribution in [-0.4, -0.2) is 117 Å². The number of rotatable bonds is 13. The topological polar surface area (TPSA) is 198 Å². The number of halogens is 4. The van der Waals surface area contributed by atoms with E-state index in [1.54, 1.807) is 20.4 Å². The average molecular weight is 854 g/mol. The van der Waals surface area contributed by atoms with E-state index in [2.05, 4.69) is 27.4 Å². The van der Waals surface area contributed by atoms with Crippen molar-refractivity contribution < 1.29 is 42.1 Å². The predicted molar refractivity (Wildman–Crippen MR) is 228 cm³/mol. The fourth-order valence-corrected chi connectivity index (χ4v) is 5.18. The molecule has 4 rings (SSSR count). The van der Waals surface area contributed by atoms with Gasteiger partial charge >= 0.3 is 6.18 Å². The van der Waals surface area contributed by atoms with Gasteiger partial charge in [-0.05, 0) is 37.6 Å².